The molecule has 1 rings (SSSR count). The molecule has 2 N–H and O–H groups in total. The molecule has 0 saturated carbocycles. The smallest absolute Gasteiger partial charge is 0.410 e. The highest BCUT2D eigenvalue weighted by Crippen LogP contribution is 2.17. The summed E-state index contributed by atoms with van der Waals surface area (Å²) in [6.45, 7) is 6.51. The Morgan fingerprint density at radius 1 is 1.43 bits per heavy atom. The number of nitro groups is 1. The molecule has 8 nitrogen and oxygen atoms in total. The summed E-state index contributed by atoms with van der Waals surface area (Å²) >= 11 is 0. The van der Waals surface area contributed by atoms with Gasteiger partial charge in [0.1, 0.15) is 11.8 Å². The van der Waals surface area contributed by atoms with Crippen LogP contribution in [-0.4, -0.2) is 46.9 Å². The predicted molar refractivity (Wildman–Crippen MR) is 78.6 cm³/mol. The van der Waals surface area contributed by atoms with E-state index >= 15 is 0 Å². The fourth-order valence-electron chi connectivity index (χ4n) is 1.86. The molecule has 0 bridgehead atoms. The van der Waals surface area contributed by atoms with Crippen LogP contribution in [0.25, 0.3) is 0 Å². The van der Waals surface area contributed by atoms with E-state index in [4.69, 9.17) is 10.5 Å². The maximum atomic E-state index is 11.9. The monoisotopic (exact) mass is 298 g/mol. The van der Waals surface area contributed by atoms with Gasteiger partial charge in [-0.25, -0.2) is 4.79 Å². The van der Waals surface area contributed by atoms with E-state index in [1.54, 1.807) is 4.90 Å². The number of likely N-dealkylation sites (tertiary alicyclic amines) is 1. The number of nitrogens with zero attached hydrogens (tertiary/aromatic N) is 3. The van der Waals surface area contributed by atoms with Crippen LogP contribution in [0.15, 0.2) is 16.9 Å². The van der Waals surface area contributed by atoms with Crippen LogP contribution in [0.3, 0.4) is 0 Å². The second kappa shape index (κ2) is 7.05. The van der Waals surface area contributed by atoms with Crippen molar-refractivity contribution in [2.45, 2.75) is 45.3 Å². The number of hydrogen-bond donors (Lipinski definition) is 1. The number of amides is 1. The average Bonchev–Trinajstić information content (AvgIpc) is 2.37. The van der Waals surface area contributed by atoms with E-state index in [1.165, 1.54) is 6.21 Å². The van der Waals surface area contributed by atoms with Gasteiger partial charge in [0.2, 0.25) is 0 Å². The largest absolute Gasteiger partial charge is 0.444 e. The number of carbonyl (C=O) groups is 1. The van der Waals surface area contributed by atoms with Crippen molar-refractivity contribution in [3.05, 3.63) is 22.0 Å². The summed E-state index contributed by atoms with van der Waals surface area (Å²) in [7, 11) is 0. The van der Waals surface area contributed by atoms with E-state index < -0.39 is 10.5 Å². The lowest BCUT2D eigenvalue weighted by Crippen LogP contribution is -2.42. The second-order valence-corrected chi connectivity index (χ2v) is 5.83. The molecule has 21 heavy (non-hydrogen) atoms. The minimum Gasteiger partial charge on any atom is -0.444 e. The Morgan fingerprint density at radius 3 is 2.43 bits per heavy atom. The van der Waals surface area contributed by atoms with Gasteiger partial charge in [-0.3, -0.25) is 15.1 Å². The Labute approximate surface area is 123 Å². The van der Waals surface area contributed by atoms with Crippen LogP contribution in [0.5, 0.6) is 0 Å². The van der Waals surface area contributed by atoms with Gasteiger partial charge in [-0.05, 0) is 33.6 Å². The molecule has 1 fully saturated rings. The Kier molecular flexibility index (Phi) is 5.69. The van der Waals surface area contributed by atoms with Crippen molar-refractivity contribution in [2.24, 2.45) is 10.7 Å². The fraction of sp³-hybridized carbons (Fsp3) is 0.692. The highest BCUT2D eigenvalue weighted by molar-refractivity contribution is 5.75. The van der Waals surface area contributed by atoms with Crippen LogP contribution < -0.4 is 5.73 Å². The van der Waals surface area contributed by atoms with E-state index in [0.29, 0.717) is 25.9 Å². The Morgan fingerprint density at radius 2 is 2.00 bits per heavy atom. The standard InChI is InChI=1S/C13H22N4O4/c1-13(2,3)21-12(18)16-6-4-10(5-7-16)15-9-11(8-14)17(19)20/h8-10H,4-7,14H2,1-3H3. The van der Waals surface area contributed by atoms with Crippen LogP contribution in [0.2, 0.25) is 0 Å². The highest BCUT2D eigenvalue weighted by atomic mass is 16.6. The predicted octanol–water partition coefficient (Wildman–Crippen LogP) is 1.53. The SMILES string of the molecule is CC(C)(C)OC(=O)N1CCC(N=CC(=CN)[N+](=O)[O-])CC1. The first-order valence-electron chi connectivity index (χ1n) is 6.80. The van der Waals surface area contributed by atoms with Crippen molar-refractivity contribution >= 4 is 12.3 Å². The van der Waals surface area contributed by atoms with Crippen molar-refractivity contribution in [1.82, 2.24) is 4.90 Å². The molecule has 1 heterocycles. The lowest BCUT2D eigenvalue weighted by atomic mass is 10.1. The molecule has 0 aromatic carbocycles. The summed E-state index contributed by atoms with van der Waals surface area (Å²) in [5, 5.41) is 10.6. The molecular weight excluding hydrogens is 276 g/mol. The summed E-state index contributed by atoms with van der Waals surface area (Å²) in [5.74, 6) is 0. The molecule has 0 aliphatic carbocycles. The minimum absolute atomic E-state index is 0.0430. The Hall–Kier alpha value is -2.12. The number of aliphatic imine (C=N–C) groups is 1. The number of piperidine rings is 1. The van der Waals surface area contributed by atoms with Gasteiger partial charge in [0.25, 0.3) is 0 Å². The summed E-state index contributed by atoms with van der Waals surface area (Å²) in [5.41, 5.74) is 4.40. The molecule has 1 aliphatic rings. The molecule has 118 valence electrons. The lowest BCUT2D eigenvalue weighted by Gasteiger charge is -2.32. The summed E-state index contributed by atoms with van der Waals surface area (Å²) in [4.78, 5) is 27.6. The van der Waals surface area contributed by atoms with Gasteiger partial charge in [-0.2, -0.15) is 0 Å². The number of hydrogen-bond acceptors (Lipinski definition) is 6. The van der Waals surface area contributed by atoms with Gasteiger partial charge >= 0.3 is 11.8 Å². The Bertz CT molecular complexity index is 446. The van der Waals surface area contributed by atoms with Gasteiger partial charge < -0.3 is 15.4 Å². The van der Waals surface area contributed by atoms with Gasteiger partial charge in [0.15, 0.2) is 0 Å². The Balaban J connectivity index is 2.47. The molecule has 0 spiro atoms. The fourth-order valence-corrected chi connectivity index (χ4v) is 1.86. The first-order chi connectivity index (χ1) is 9.73. The van der Waals surface area contributed by atoms with Gasteiger partial charge in [0, 0.05) is 13.1 Å². The van der Waals surface area contributed by atoms with Crippen molar-refractivity contribution in [1.29, 1.82) is 0 Å². The second-order valence-electron chi connectivity index (χ2n) is 5.83. The quantitative estimate of drug-likeness (QED) is 0.482. The number of allylic oxidation sites excluding steroid dienone is 1. The molecule has 0 atom stereocenters. The van der Waals surface area contributed by atoms with E-state index in [2.05, 4.69) is 4.99 Å². The molecule has 1 aliphatic heterocycles. The zero-order valence-electron chi connectivity index (χ0n) is 12.6. The van der Waals surface area contributed by atoms with Gasteiger partial charge in [-0.15, -0.1) is 0 Å². The number of carbonyl (C=O) groups excluding carboxylic acids is 1. The van der Waals surface area contributed by atoms with E-state index in [1.807, 2.05) is 20.8 Å². The van der Waals surface area contributed by atoms with E-state index in [-0.39, 0.29) is 17.8 Å². The lowest BCUT2D eigenvalue weighted by molar-refractivity contribution is -0.414. The number of nitrogens with two attached hydrogens (primary N) is 1. The summed E-state index contributed by atoms with van der Waals surface area (Å²) < 4.78 is 5.29. The van der Waals surface area contributed by atoms with Crippen molar-refractivity contribution in [3.8, 4) is 0 Å². The first-order valence-corrected chi connectivity index (χ1v) is 6.80. The summed E-state index contributed by atoms with van der Waals surface area (Å²) in [6, 6.07) is -0.0430. The maximum Gasteiger partial charge on any atom is 0.410 e. The van der Waals surface area contributed by atoms with Crippen LogP contribution in [0, 0.1) is 10.1 Å². The van der Waals surface area contributed by atoms with Crippen LogP contribution >= 0.6 is 0 Å². The topological polar surface area (TPSA) is 111 Å². The average molecular weight is 298 g/mol. The van der Waals surface area contributed by atoms with Gasteiger partial charge in [0.05, 0.1) is 17.2 Å². The van der Waals surface area contributed by atoms with Crippen molar-refractivity contribution < 1.29 is 14.5 Å². The third-order valence-corrected chi connectivity index (χ3v) is 2.92. The molecule has 0 aromatic heterocycles. The number of ether oxygens (including phenoxy) is 1. The zero-order chi connectivity index (χ0) is 16.0. The molecule has 0 radical (unpaired) electrons. The van der Waals surface area contributed by atoms with Gasteiger partial charge in [-0.1, -0.05) is 0 Å². The van der Waals surface area contributed by atoms with Crippen LogP contribution in [0.4, 0.5) is 4.79 Å². The third-order valence-electron chi connectivity index (χ3n) is 2.92. The summed E-state index contributed by atoms with van der Waals surface area (Å²) in [6.07, 6.45) is 3.04. The molecule has 1 saturated heterocycles. The maximum absolute atomic E-state index is 11.9. The van der Waals surface area contributed by atoms with Crippen LogP contribution in [0.1, 0.15) is 33.6 Å². The molecular formula is C13H22N4O4. The van der Waals surface area contributed by atoms with Crippen molar-refractivity contribution in [2.75, 3.05) is 13.1 Å². The highest BCUT2D eigenvalue weighted by Gasteiger charge is 2.26. The number of rotatable bonds is 3. The third kappa shape index (κ3) is 5.80. The minimum atomic E-state index is -0.584. The molecule has 8 heteroatoms. The molecule has 0 aromatic rings. The van der Waals surface area contributed by atoms with Crippen LogP contribution in [-0.2, 0) is 4.74 Å². The first kappa shape index (κ1) is 16.9. The normalized spacial score (nSPS) is 18.0. The van der Waals surface area contributed by atoms with E-state index in [0.717, 1.165) is 6.20 Å². The molecule has 1 amide bonds. The zero-order valence-corrected chi connectivity index (χ0v) is 12.6. The molecule has 0 unspecified atom stereocenters. The van der Waals surface area contributed by atoms with E-state index in [9.17, 15) is 14.9 Å². The van der Waals surface area contributed by atoms with Crippen molar-refractivity contribution in [3.63, 3.8) is 0 Å².